The second-order valence-corrected chi connectivity index (χ2v) is 11.1. The number of aliphatic hydroxyl groups is 6. The standard InChI is InChI=1S/C28H42O8/c1-2-7-19-9-11-21(12-10-19)35-25-28(34)20(18-26(32)14-4-3-5-15-26)13-16-27(33,24(28)31)23(36-25)22(30)8-6-17-29/h2,9-12,20,22-25,29-34H,1,3-8,13-18H2. The lowest BCUT2D eigenvalue weighted by Crippen LogP contribution is -2.79. The molecule has 36 heavy (non-hydrogen) atoms. The lowest BCUT2D eigenvalue weighted by Gasteiger charge is -2.61. The summed E-state index contributed by atoms with van der Waals surface area (Å²) in [6.07, 6.45) is 2.29. The highest BCUT2D eigenvalue weighted by Crippen LogP contribution is 2.53. The van der Waals surface area contributed by atoms with Crippen LogP contribution in [0.4, 0.5) is 0 Å². The summed E-state index contributed by atoms with van der Waals surface area (Å²) >= 11 is 0. The first-order chi connectivity index (χ1) is 17.2. The summed E-state index contributed by atoms with van der Waals surface area (Å²) in [7, 11) is 0. The average Bonchev–Trinajstić information content (AvgIpc) is 2.86. The molecule has 3 aliphatic rings. The summed E-state index contributed by atoms with van der Waals surface area (Å²) in [5, 5.41) is 66.4. The Bertz CT molecular complexity index is 869. The predicted octanol–water partition coefficient (Wildman–Crippen LogP) is 1.97. The van der Waals surface area contributed by atoms with Crippen LogP contribution in [-0.2, 0) is 11.2 Å². The molecule has 7 atom stereocenters. The van der Waals surface area contributed by atoms with Gasteiger partial charge in [-0.15, -0.1) is 6.58 Å². The van der Waals surface area contributed by atoms with Gasteiger partial charge in [-0.25, -0.2) is 0 Å². The van der Waals surface area contributed by atoms with Crippen LogP contribution in [0.15, 0.2) is 36.9 Å². The van der Waals surface area contributed by atoms with Crippen molar-refractivity contribution in [3.63, 3.8) is 0 Å². The maximum Gasteiger partial charge on any atom is 0.232 e. The third-order valence-corrected chi connectivity index (χ3v) is 8.56. The number of fused-ring (bicyclic) bond motifs is 2. The molecule has 0 radical (unpaired) electrons. The van der Waals surface area contributed by atoms with Crippen LogP contribution in [-0.4, -0.2) is 78.7 Å². The van der Waals surface area contributed by atoms with Gasteiger partial charge < -0.3 is 40.1 Å². The Morgan fingerprint density at radius 3 is 2.42 bits per heavy atom. The first-order valence-corrected chi connectivity index (χ1v) is 13.3. The summed E-state index contributed by atoms with van der Waals surface area (Å²) in [6.45, 7) is 3.61. The Morgan fingerprint density at radius 1 is 1.08 bits per heavy atom. The highest BCUT2D eigenvalue weighted by molar-refractivity contribution is 5.29. The minimum Gasteiger partial charge on any atom is -0.462 e. The zero-order valence-corrected chi connectivity index (χ0v) is 21.0. The Balaban J connectivity index is 1.65. The van der Waals surface area contributed by atoms with Crippen molar-refractivity contribution in [3.05, 3.63) is 42.5 Å². The van der Waals surface area contributed by atoms with Gasteiger partial charge in [-0.2, -0.15) is 0 Å². The lowest BCUT2D eigenvalue weighted by molar-refractivity contribution is -0.388. The van der Waals surface area contributed by atoms with Crippen LogP contribution in [0.2, 0.25) is 0 Å². The number of hydrogen-bond donors (Lipinski definition) is 6. The monoisotopic (exact) mass is 506 g/mol. The molecule has 3 fully saturated rings. The number of allylic oxidation sites excluding steroid dienone is 1. The highest BCUT2D eigenvalue weighted by atomic mass is 16.7. The largest absolute Gasteiger partial charge is 0.462 e. The number of benzene rings is 1. The molecule has 1 heterocycles. The van der Waals surface area contributed by atoms with Crippen molar-refractivity contribution >= 4 is 0 Å². The van der Waals surface area contributed by atoms with Crippen molar-refractivity contribution < 1.29 is 40.1 Å². The van der Waals surface area contributed by atoms with E-state index in [-0.39, 0.29) is 25.9 Å². The van der Waals surface area contributed by atoms with Crippen molar-refractivity contribution in [1.82, 2.24) is 0 Å². The van der Waals surface area contributed by atoms with E-state index < -0.39 is 47.3 Å². The summed E-state index contributed by atoms with van der Waals surface area (Å²) in [6, 6.07) is 7.21. The molecular formula is C28H42O8. The third-order valence-electron chi connectivity index (χ3n) is 8.56. The lowest BCUT2D eigenvalue weighted by atomic mass is 9.58. The molecule has 8 nitrogen and oxygen atoms in total. The van der Waals surface area contributed by atoms with Crippen molar-refractivity contribution in [2.45, 2.75) is 112 Å². The molecular weight excluding hydrogens is 464 g/mol. The normalized spacial score (nSPS) is 36.7. The molecule has 2 saturated carbocycles. The van der Waals surface area contributed by atoms with Crippen LogP contribution in [0.1, 0.15) is 69.8 Å². The van der Waals surface area contributed by atoms with Gasteiger partial charge in [-0.3, -0.25) is 0 Å². The topological polar surface area (TPSA) is 140 Å². The van der Waals surface area contributed by atoms with Crippen LogP contribution >= 0.6 is 0 Å². The van der Waals surface area contributed by atoms with Gasteiger partial charge in [0.15, 0.2) is 5.60 Å². The fraction of sp³-hybridized carbons (Fsp3) is 0.714. The molecule has 8 heteroatoms. The van der Waals surface area contributed by atoms with Crippen molar-refractivity contribution in [2.75, 3.05) is 6.61 Å². The minimum atomic E-state index is -2.01. The zero-order chi connectivity index (χ0) is 26.0. The fourth-order valence-electron chi connectivity index (χ4n) is 6.51. The average molecular weight is 507 g/mol. The van der Waals surface area contributed by atoms with E-state index in [1.165, 1.54) is 0 Å². The summed E-state index contributed by atoms with van der Waals surface area (Å²) in [5.74, 6) is -0.181. The van der Waals surface area contributed by atoms with Gasteiger partial charge in [-0.1, -0.05) is 37.5 Å². The van der Waals surface area contributed by atoms with Gasteiger partial charge in [0.1, 0.15) is 23.6 Å². The van der Waals surface area contributed by atoms with Crippen LogP contribution in [0, 0.1) is 5.92 Å². The Kier molecular flexibility index (Phi) is 8.46. The molecule has 202 valence electrons. The molecule has 1 saturated heterocycles. The molecule has 1 aromatic rings. The Labute approximate surface area is 213 Å². The molecule has 2 bridgehead atoms. The summed E-state index contributed by atoms with van der Waals surface area (Å²) in [5.41, 5.74) is -3.83. The van der Waals surface area contributed by atoms with Gasteiger partial charge >= 0.3 is 0 Å². The molecule has 6 N–H and O–H groups in total. The molecule has 2 aliphatic carbocycles. The fourth-order valence-corrected chi connectivity index (χ4v) is 6.51. The number of hydrogen-bond acceptors (Lipinski definition) is 8. The second-order valence-electron chi connectivity index (χ2n) is 11.1. The van der Waals surface area contributed by atoms with E-state index in [0.717, 1.165) is 24.8 Å². The van der Waals surface area contributed by atoms with Crippen molar-refractivity contribution in [3.8, 4) is 5.75 Å². The van der Waals surface area contributed by atoms with Crippen LogP contribution in [0.25, 0.3) is 0 Å². The smallest absolute Gasteiger partial charge is 0.232 e. The zero-order valence-electron chi connectivity index (χ0n) is 21.0. The van der Waals surface area contributed by atoms with Crippen molar-refractivity contribution in [2.24, 2.45) is 5.92 Å². The van der Waals surface area contributed by atoms with Crippen molar-refractivity contribution in [1.29, 1.82) is 0 Å². The van der Waals surface area contributed by atoms with E-state index in [1.54, 1.807) is 18.2 Å². The Morgan fingerprint density at radius 2 is 1.78 bits per heavy atom. The van der Waals surface area contributed by atoms with Gasteiger partial charge in [0.25, 0.3) is 0 Å². The first kappa shape index (κ1) is 27.5. The molecule has 0 aromatic heterocycles. The number of rotatable bonds is 10. The third kappa shape index (κ3) is 5.23. The molecule has 0 spiro atoms. The number of aliphatic hydroxyl groups excluding tert-OH is 3. The maximum absolute atomic E-state index is 12.1. The highest BCUT2D eigenvalue weighted by Gasteiger charge is 2.70. The van der Waals surface area contributed by atoms with Gasteiger partial charge in [0, 0.05) is 6.61 Å². The van der Waals surface area contributed by atoms with Gasteiger partial charge in [0.2, 0.25) is 6.29 Å². The first-order valence-electron chi connectivity index (χ1n) is 13.3. The van der Waals surface area contributed by atoms with E-state index in [0.29, 0.717) is 37.9 Å². The molecule has 0 amide bonds. The van der Waals surface area contributed by atoms with E-state index in [2.05, 4.69) is 6.58 Å². The SMILES string of the molecule is C=CCc1ccc(OC2OC(C(O)CCCO)C3(O)CCC(CC4(O)CCCCC4)C2(O)C3O)cc1. The second kappa shape index (κ2) is 11.1. The van der Waals surface area contributed by atoms with E-state index in [1.807, 2.05) is 12.1 Å². The predicted molar refractivity (Wildman–Crippen MR) is 133 cm³/mol. The van der Waals surface area contributed by atoms with E-state index in [4.69, 9.17) is 9.47 Å². The molecule has 4 rings (SSSR count). The summed E-state index contributed by atoms with van der Waals surface area (Å²) in [4.78, 5) is 0. The van der Waals surface area contributed by atoms with E-state index >= 15 is 0 Å². The molecule has 1 aromatic carbocycles. The minimum absolute atomic E-state index is 0.0983. The van der Waals surface area contributed by atoms with E-state index in [9.17, 15) is 30.6 Å². The molecule has 1 aliphatic heterocycles. The van der Waals surface area contributed by atoms with Gasteiger partial charge in [0.05, 0.1) is 11.7 Å². The quantitative estimate of drug-likeness (QED) is 0.265. The Hall–Kier alpha value is -1.52. The maximum atomic E-state index is 12.1. The number of ether oxygens (including phenoxy) is 2. The van der Waals surface area contributed by atoms with Crippen LogP contribution in [0.3, 0.4) is 0 Å². The molecule has 7 unspecified atom stereocenters. The van der Waals surface area contributed by atoms with Crippen LogP contribution < -0.4 is 4.74 Å². The summed E-state index contributed by atoms with van der Waals surface area (Å²) < 4.78 is 12.2. The van der Waals surface area contributed by atoms with Gasteiger partial charge in [-0.05, 0) is 75.0 Å². The van der Waals surface area contributed by atoms with Crippen LogP contribution in [0.5, 0.6) is 5.75 Å².